The summed E-state index contributed by atoms with van der Waals surface area (Å²) in [7, 11) is 0. The minimum absolute atomic E-state index is 0.657. The maximum absolute atomic E-state index is 5.01. The van der Waals surface area contributed by atoms with E-state index >= 15 is 0 Å². The first-order chi connectivity index (χ1) is 8.38. The molecular weight excluding hydrogens is 236 g/mol. The van der Waals surface area contributed by atoms with Crippen molar-refractivity contribution in [1.29, 1.82) is 0 Å². The average molecular weight is 250 g/mol. The molecule has 1 fully saturated rings. The lowest BCUT2D eigenvalue weighted by atomic mass is 10.1. The highest BCUT2D eigenvalue weighted by Gasteiger charge is 2.18. The Balaban J connectivity index is 2.08. The van der Waals surface area contributed by atoms with E-state index < -0.39 is 0 Å². The third-order valence-electron chi connectivity index (χ3n) is 3.03. The summed E-state index contributed by atoms with van der Waals surface area (Å²) in [6.45, 7) is 2.12. The maximum atomic E-state index is 5.01. The van der Waals surface area contributed by atoms with Crippen molar-refractivity contribution in [2.75, 3.05) is 24.2 Å². The van der Waals surface area contributed by atoms with Crippen molar-refractivity contribution in [3.63, 3.8) is 0 Å². The predicted molar refractivity (Wildman–Crippen MR) is 67.4 cm³/mol. The molecule has 5 nitrogen and oxygen atoms in total. The molecule has 0 bridgehead atoms. The van der Waals surface area contributed by atoms with Gasteiger partial charge in [-0.3, -0.25) is 0 Å². The van der Waals surface area contributed by atoms with Crippen LogP contribution in [0.5, 0.6) is 0 Å². The highest BCUT2D eigenvalue weighted by Crippen LogP contribution is 2.27. The van der Waals surface area contributed by atoms with Gasteiger partial charge in [-0.05, 0) is 25.5 Å². The molecule has 6 heteroatoms. The van der Waals surface area contributed by atoms with E-state index in [0.717, 1.165) is 29.5 Å². The van der Waals surface area contributed by atoms with Crippen LogP contribution in [0.1, 0.15) is 19.3 Å². The number of hydrogen-bond acceptors (Lipinski definition) is 6. The zero-order valence-electron chi connectivity index (χ0n) is 9.72. The van der Waals surface area contributed by atoms with Crippen LogP contribution in [0.15, 0.2) is 15.9 Å². The molecule has 1 saturated heterocycles. The van der Waals surface area contributed by atoms with Crippen molar-refractivity contribution in [2.45, 2.75) is 24.4 Å². The van der Waals surface area contributed by atoms with Gasteiger partial charge in [0.05, 0.1) is 0 Å². The molecule has 0 aromatic carbocycles. The van der Waals surface area contributed by atoms with Crippen molar-refractivity contribution in [3.8, 4) is 0 Å². The minimum atomic E-state index is 0.657. The number of hydrogen-bond donors (Lipinski definition) is 0. The van der Waals surface area contributed by atoms with Crippen molar-refractivity contribution < 1.29 is 4.52 Å². The van der Waals surface area contributed by atoms with Crippen LogP contribution in [-0.2, 0) is 0 Å². The van der Waals surface area contributed by atoms with Crippen LogP contribution in [0.4, 0.5) is 5.82 Å². The Morgan fingerprint density at radius 1 is 1.24 bits per heavy atom. The van der Waals surface area contributed by atoms with Gasteiger partial charge >= 0.3 is 0 Å². The summed E-state index contributed by atoms with van der Waals surface area (Å²) in [6.07, 6.45) is 7.38. The first kappa shape index (κ1) is 10.8. The van der Waals surface area contributed by atoms with E-state index in [9.17, 15) is 0 Å². The standard InChI is InChI=1S/C11H14N4OS/c1-17-11-12-9-8(7-16-14-9)10(13-11)15-5-3-2-4-6-15/h7H,2-6H2,1H3. The highest BCUT2D eigenvalue weighted by molar-refractivity contribution is 7.98. The molecule has 17 heavy (non-hydrogen) atoms. The lowest BCUT2D eigenvalue weighted by Gasteiger charge is -2.27. The molecule has 1 aliphatic rings. The lowest BCUT2D eigenvalue weighted by molar-refractivity contribution is 0.426. The van der Waals surface area contributed by atoms with Crippen LogP contribution in [0.2, 0.25) is 0 Å². The fourth-order valence-corrected chi connectivity index (χ4v) is 2.52. The third kappa shape index (κ3) is 1.97. The minimum Gasteiger partial charge on any atom is -0.362 e. The van der Waals surface area contributed by atoms with Gasteiger partial charge in [0.1, 0.15) is 17.5 Å². The zero-order valence-corrected chi connectivity index (χ0v) is 10.5. The van der Waals surface area contributed by atoms with E-state index in [2.05, 4.69) is 20.0 Å². The van der Waals surface area contributed by atoms with E-state index in [1.165, 1.54) is 31.0 Å². The summed E-state index contributed by atoms with van der Waals surface area (Å²) < 4.78 is 5.01. The van der Waals surface area contributed by atoms with Crippen molar-refractivity contribution in [1.82, 2.24) is 15.1 Å². The summed E-state index contributed by atoms with van der Waals surface area (Å²) in [5.74, 6) is 0.973. The molecule has 0 unspecified atom stereocenters. The highest BCUT2D eigenvalue weighted by atomic mass is 32.2. The molecule has 0 N–H and O–H groups in total. The van der Waals surface area contributed by atoms with Gasteiger partial charge in [0.2, 0.25) is 5.65 Å². The van der Waals surface area contributed by atoms with Gasteiger partial charge in [0, 0.05) is 13.1 Å². The lowest BCUT2D eigenvalue weighted by Crippen LogP contribution is -2.30. The SMILES string of the molecule is CSc1nc(N2CCCCC2)c2conc2n1. The second-order valence-electron chi connectivity index (χ2n) is 4.13. The van der Waals surface area contributed by atoms with Gasteiger partial charge < -0.3 is 9.42 Å². The van der Waals surface area contributed by atoms with Crippen molar-refractivity contribution >= 4 is 28.6 Å². The predicted octanol–water partition coefficient (Wildman–Crippen LogP) is 2.33. The molecule has 0 saturated carbocycles. The van der Waals surface area contributed by atoms with Gasteiger partial charge in [0.25, 0.3) is 0 Å². The summed E-state index contributed by atoms with van der Waals surface area (Å²) in [4.78, 5) is 11.2. The van der Waals surface area contributed by atoms with Crippen LogP contribution in [0.3, 0.4) is 0 Å². The maximum Gasteiger partial charge on any atom is 0.208 e. The second-order valence-corrected chi connectivity index (χ2v) is 4.91. The first-order valence-corrected chi connectivity index (χ1v) is 7.02. The van der Waals surface area contributed by atoms with Crippen LogP contribution >= 0.6 is 11.8 Å². The smallest absolute Gasteiger partial charge is 0.208 e. The Bertz CT molecular complexity index is 521. The largest absolute Gasteiger partial charge is 0.362 e. The summed E-state index contributed by atoms with van der Waals surface area (Å²) in [5, 5.41) is 5.59. The topological polar surface area (TPSA) is 55.1 Å². The number of fused-ring (bicyclic) bond motifs is 1. The number of anilines is 1. The van der Waals surface area contributed by atoms with Gasteiger partial charge in [0.15, 0.2) is 5.16 Å². The van der Waals surface area contributed by atoms with Crippen molar-refractivity contribution in [2.24, 2.45) is 0 Å². The Kier molecular flexibility index (Phi) is 2.88. The fraction of sp³-hybridized carbons (Fsp3) is 0.545. The van der Waals surface area contributed by atoms with Crippen LogP contribution in [0, 0.1) is 0 Å². The Labute approximate surface area is 104 Å². The number of rotatable bonds is 2. The summed E-state index contributed by atoms with van der Waals surface area (Å²) in [6, 6.07) is 0. The summed E-state index contributed by atoms with van der Waals surface area (Å²) >= 11 is 1.53. The fourth-order valence-electron chi connectivity index (χ4n) is 2.17. The molecule has 2 aromatic heterocycles. The Hall–Kier alpha value is -1.30. The molecule has 3 heterocycles. The first-order valence-electron chi connectivity index (χ1n) is 5.79. The number of piperidine rings is 1. The second kappa shape index (κ2) is 4.52. The zero-order chi connectivity index (χ0) is 11.7. The number of thioether (sulfide) groups is 1. The molecule has 0 radical (unpaired) electrons. The van der Waals surface area contributed by atoms with Crippen LogP contribution in [-0.4, -0.2) is 34.5 Å². The van der Waals surface area contributed by atoms with Gasteiger partial charge in [-0.25, -0.2) is 4.98 Å². The average Bonchev–Trinajstić information content (AvgIpc) is 2.86. The number of nitrogens with zero attached hydrogens (tertiary/aromatic N) is 4. The molecule has 0 aliphatic carbocycles. The van der Waals surface area contributed by atoms with Crippen LogP contribution < -0.4 is 4.90 Å². The van der Waals surface area contributed by atoms with E-state index in [1.54, 1.807) is 6.26 Å². The van der Waals surface area contributed by atoms with E-state index in [-0.39, 0.29) is 0 Å². The van der Waals surface area contributed by atoms with E-state index in [1.807, 2.05) is 6.26 Å². The van der Waals surface area contributed by atoms with Gasteiger partial charge in [-0.2, -0.15) is 4.98 Å². The Morgan fingerprint density at radius 2 is 2.06 bits per heavy atom. The molecule has 0 amide bonds. The van der Waals surface area contributed by atoms with E-state index in [4.69, 9.17) is 4.52 Å². The molecular formula is C11H14N4OS. The molecule has 0 atom stereocenters. The van der Waals surface area contributed by atoms with Gasteiger partial charge in [-0.15, -0.1) is 0 Å². The number of aromatic nitrogens is 3. The normalized spacial score (nSPS) is 16.6. The monoisotopic (exact) mass is 250 g/mol. The van der Waals surface area contributed by atoms with Crippen molar-refractivity contribution in [3.05, 3.63) is 6.26 Å². The molecule has 3 rings (SSSR count). The molecule has 0 spiro atoms. The molecule has 90 valence electrons. The molecule has 2 aromatic rings. The molecule has 1 aliphatic heterocycles. The summed E-state index contributed by atoms with van der Waals surface area (Å²) in [5.41, 5.74) is 0.657. The van der Waals surface area contributed by atoms with Gasteiger partial charge in [-0.1, -0.05) is 16.9 Å². The Morgan fingerprint density at radius 3 is 2.82 bits per heavy atom. The van der Waals surface area contributed by atoms with E-state index in [0.29, 0.717) is 5.65 Å². The van der Waals surface area contributed by atoms with Crippen LogP contribution in [0.25, 0.3) is 11.0 Å². The third-order valence-corrected chi connectivity index (χ3v) is 3.58. The quantitative estimate of drug-likeness (QED) is 0.602.